The first kappa shape index (κ1) is 12.7. The highest BCUT2D eigenvalue weighted by atomic mass is 16.5. The Kier molecular flexibility index (Phi) is 4.03. The third-order valence-corrected chi connectivity index (χ3v) is 2.15. The molecule has 0 saturated carbocycles. The normalized spacial score (nSPS) is 11.3. The quantitative estimate of drug-likeness (QED) is 0.653. The molecule has 16 heavy (non-hydrogen) atoms. The predicted octanol–water partition coefficient (Wildman–Crippen LogP) is -0.0512. The molecule has 1 aromatic rings. The van der Waals surface area contributed by atoms with Crippen molar-refractivity contribution in [3.8, 4) is 5.88 Å². The van der Waals surface area contributed by atoms with Crippen LogP contribution >= 0.6 is 0 Å². The summed E-state index contributed by atoms with van der Waals surface area (Å²) in [6, 6.07) is 1.69. The first-order chi connectivity index (χ1) is 7.53. The third kappa shape index (κ3) is 3.04. The number of aromatic nitrogens is 2. The number of aliphatic hydroxyl groups is 2. The van der Waals surface area contributed by atoms with E-state index in [1.807, 2.05) is 6.92 Å². The van der Waals surface area contributed by atoms with E-state index in [4.69, 9.17) is 14.9 Å². The molecule has 1 heterocycles. The summed E-state index contributed by atoms with van der Waals surface area (Å²) in [6.45, 7) is 3.04. The molecule has 1 aromatic heterocycles. The molecule has 0 radical (unpaired) electrons. The van der Waals surface area contributed by atoms with Gasteiger partial charge in [0.05, 0.1) is 25.9 Å². The summed E-state index contributed by atoms with van der Waals surface area (Å²) < 4.78 is 5.00. The van der Waals surface area contributed by atoms with Crippen molar-refractivity contribution in [1.29, 1.82) is 0 Å². The number of hydrogen-bond donors (Lipinski definition) is 3. The van der Waals surface area contributed by atoms with Crippen molar-refractivity contribution >= 4 is 5.95 Å². The molecular weight excluding hydrogens is 210 g/mol. The van der Waals surface area contributed by atoms with Crippen molar-refractivity contribution in [2.75, 3.05) is 25.6 Å². The summed E-state index contributed by atoms with van der Waals surface area (Å²) in [6.07, 6.45) is 0. The molecule has 0 aromatic carbocycles. The molecule has 6 heteroatoms. The smallest absolute Gasteiger partial charge is 0.226 e. The number of nitrogens with one attached hydrogen (secondary N) is 1. The summed E-state index contributed by atoms with van der Waals surface area (Å²) in [5.41, 5.74) is -0.105. The number of aryl methyl sites for hydroxylation is 1. The zero-order chi connectivity index (χ0) is 12.2. The van der Waals surface area contributed by atoms with Gasteiger partial charge in [0.2, 0.25) is 11.8 Å². The van der Waals surface area contributed by atoms with Gasteiger partial charge in [-0.1, -0.05) is 0 Å². The number of rotatable bonds is 5. The lowest BCUT2D eigenvalue weighted by molar-refractivity contribution is 0.147. The van der Waals surface area contributed by atoms with Gasteiger partial charge in [-0.25, -0.2) is 4.98 Å². The van der Waals surface area contributed by atoms with Crippen LogP contribution in [-0.2, 0) is 0 Å². The van der Waals surface area contributed by atoms with Gasteiger partial charge in [0.25, 0.3) is 0 Å². The monoisotopic (exact) mass is 227 g/mol. The lowest BCUT2D eigenvalue weighted by Gasteiger charge is -2.26. The fraction of sp³-hybridized carbons (Fsp3) is 0.600. The van der Waals surface area contributed by atoms with Crippen molar-refractivity contribution in [1.82, 2.24) is 9.97 Å². The second kappa shape index (κ2) is 5.09. The molecule has 0 saturated heterocycles. The molecule has 90 valence electrons. The lowest BCUT2D eigenvalue weighted by Crippen LogP contribution is -2.43. The molecule has 0 aliphatic heterocycles. The van der Waals surface area contributed by atoms with Crippen LogP contribution in [0, 0.1) is 6.92 Å². The minimum Gasteiger partial charge on any atom is -0.481 e. The number of nitrogens with zero attached hydrogens (tertiary/aromatic N) is 2. The Morgan fingerprint density at radius 3 is 2.50 bits per heavy atom. The lowest BCUT2D eigenvalue weighted by atomic mass is 10.1. The summed E-state index contributed by atoms with van der Waals surface area (Å²) in [7, 11) is 1.52. The van der Waals surface area contributed by atoms with Crippen molar-refractivity contribution in [3.63, 3.8) is 0 Å². The highest BCUT2D eigenvalue weighted by Crippen LogP contribution is 2.15. The molecule has 0 aliphatic rings. The molecule has 0 unspecified atom stereocenters. The summed E-state index contributed by atoms with van der Waals surface area (Å²) in [5, 5.41) is 21.1. The van der Waals surface area contributed by atoms with Crippen LogP contribution in [0.5, 0.6) is 5.88 Å². The molecule has 0 atom stereocenters. The van der Waals surface area contributed by atoms with Gasteiger partial charge in [0.15, 0.2) is 0 Å². The number of anilines is 1. The molecule has 3 N–H and O–H groups in total. The van der Waals surface area contributed by atoms with Crippen molar-refractivity contribution < 1.29 is 14.9 Å². The Morgan fingerprint density at radius 1 is 1.38 bits per heavy atom. The molecular formula is C10H17N3O3. The fourth-order valence-electron chi connectivity index (χ4n) is 1.10. The minimum absolute atomic E-state index is 0.219. The summed E-state index contributed by atoms with van der Waals surface area (Å²) >= 11 is 0. The van der Waals surface area contributed by atoms with E-state index in [2.05, 4.69) is 15.3 Å². The van der Waals surface area contributed by atoms with Crippen LogP contribution in [0.1, 0.15) is 12.6 Å². The molecule has 0 aliphatic carbocycles. The average Bonchev–Trinajstić information content (AvgIpc) is 2.28. The zero-order valence-electron chi connectivity index (χ0n) is 9.69. The maximum atomic E-state index is 9.13. The van der Waals surface area contributed by atoms with Gasteiger partial charge in [0, 0.05) is 11.8 Å². The summed E-state index contributed by atoms with van der Waals surface area (Å²) in [5.74, 6) is 0.760. The van der Waals surface area contributed by atoms with E-state index in [-0.39, 0.29) is 13.2 Å². The van der Waals surface area contributed by atoms with E-state index in [0.717, 1.165) is 5.69 Å². The molecule has 0 fully saturated rings. The van der Waals surface area contributed by atoms with Crippen LogP contribution in [0.3, 0.4) is 0 Å². The molecule has 0 amide bonds. The zero-order valence-corrected chi connectivity index (χ0v) is 9.69. The Bertz CT molecular complexity index is 353. The van der Waals surface area contributed by atoms with E-state index in [0.29, 0.717) is 11.8 Å². The Hall–Kier alpha value is -1.40. The topological polar surface area (TPSA) is 87.5 Å². The first-order valence-corrected chi connectivity index (χ1v) is 4.92. The molecule has 0 bridgehead atoms. The third-order valence-electron chi connectivity index (χ3n) is 2.15. The van der Waals surface area contributed by atoms with Crippen LogP contribution in [0.15, 0.2) is 6.07 Å². The van der Waals surface area contributed by atoms with E-state index < -0.39 is 5.54 Å². The van der Waals surface area contributed by atoms with Crippen LogP contribution in [0.4, 0.5) is 5.95 Å². The number of methoxy groups -OCH3 is 1. The van der Waals surface area contributed by atoms with E-state index in [1.165, 1.54) is 7.11 Å². The number of ether oxygens (including phenoxy) is 1. The highest BCUT2D eigenvalue weighted by Gasteiger charge is 2.23. The van der Waals surface area contributed by atoms with E-state index in [9.17, 15) is 0 Å². The number of hydrogen-bond acceptors (Lipinski definition) is 6. The predicted molar refractivity (Wildman–Crippen MR) is 59.5 cm³/mol. The Labute approximate surface area is 94.3 Å². The average molecular weight is 227 g/mol. The van der Waals surface area contributed by atoms with Gasteiger partial charge in [-0.15, -0.1) is 0 Å². The fourth-order valence-corrected chi connectivity index (χ4v) is 1.10. The molecule has 6 nitrogen and oxygen atoms in total. The van der Waals surface area contributed by atoms with Crippen LogP contribution < -0.4 is 10.1 Å². The van der Waals surface area contributed by atoms with Crippen molar-refractivity contribution in [2.45, 2.75) is 19.4 Å². The second-order valence-electron chi connectivity index (χ2n) is 3.88. The maximum Gasteiger partial charge on any atom is 0.226 e. The molecule has 0 spiro atoms. The largest absolute Gasteiger partial charge is 0.481 e. The van der Waals surface area contributed by atoms with Gasteiger partial charge in [0.1, 0.15) is 0 Å². The van der Waals surface area contributed by atoms with E-state index in [1.54, 1.807) is 13.0 Å². The van der Waals surface area contributed by atoms with Crippen molar-refractivity contribution in [2.24, 2.45) is 0 Å². The number of aliphatic hydroxyl groups excluding tert-OH is 2. The van der Waals surface area contributed by atoms with E-state index >= 15 is 0 Å². The van der Waals surface area contributed by atoms with Gasteiger partial charge in [-0.05, 0) is 13.8 Å². The maximum absolute atomic E-state index is 9.13. The second-order valence-corrected chi connectivity index (χ2v) is 3.88. The van der Waals surface area contributed by atoms with Crippen LogP contribution in [0.2, 0.25) is 0 Å². The van der Waals surface area contributed by atoms with Crippen LogP contribution in [-0.4, -0.2) is 46.0 Å². The van der Waals surface area contributed by atoms with Gasteiger partial charge in [-0.3, -0.25) is 0 Å². The van der Waals surface area contributed by atoms with Crippen LogP contribution in [0.25, 0.3) is 0 Å². The van der Waals surface area contributed by atoms with Gasteiger partial charge in [-0.2, -0.15) is 4.98 Å². The summed E-state index contributed by atoms with van der Waals surface area (Å²) in [4.78, 5) is 8.20. The van der Waals surface area contributed by atoms with Gasteiger partial charge < -0.3 is 20.3 Å². The highest BCUT2D eigenvalue weighted by molar-refractivity contribution is 5.33. The van der Waals surface area contributed by atoms with Gasteiger partial charge >= 0.3 is 0 Å². The first-order valence-electron chi connectivity index (χ1n) is 4.92. The Morgan fingerprint density at radius 2 is 2.00 bits per heavy atom. The standard InChI is InChI=1S/C10H17N3O3/c1-7-4-8(16-3)12-9(11-7)13-10(2,5-14)6-15/h4,14-15H,5-6H2,1-3H3,(H,11,12,13). The SMILES string of the molecule is COc1cc(C)nc(NC(C)(CO)CO)n1. The minimum atomic E-state index is -0.848. The Balaban J connectivity index is 2.92. The van der Waals surface area contributed by atoms with Crippen molar-refractivity contribution in [3.05, 3.63) is 11.8 Å². The molecule has 1 rings (SSSR count).